The number of fused-ring (bicyclic) bond motifs is 1. The molecule has 1 nitrogen and oxygen atoms in total. The number of hydrogen-bond acceptors (Lipinski definition) is 1. The summed E-state index contributed by atoms with van der Waals surface area (Å²) >= 11 is 12.2. The van der Waals surface area contributed by atoms with Gasteiger partial charge in [-0.05, 0) is 55.3 Å². The van der Waals surface area contributed by atoms with E-state index < -0.39 is 0 Å². The monoisotopic (exact) mass is 301 g/mol. The highest BCUT2D eigenvalue weighted by molar-refractivity contribution is 6.42. The summed E-state index contributed by atoms with van der Waals surface area (Å²) in [5.41, 5.74) is 1.40. The zero-order chi connectivity index (χ0) is 13.5. The largest absolute Gasteiger partial charge is 0.316 e. The van der Waals surface area contributed by atoms with E-state index in [1.807, 2.05) is 12.1 Å². The van der Waals surface area contributed by atoms with Gasteiger partial charge in [0.25, 0.3) is 0 Å². The number of nitrogens with one attached hydrogen (secondary N) is 1. The maximum atomic E-state index is 12.6. The van der Waals surface area contributed by atoms with E-state index in [0.29, 0.717) is 28.3 Å². The van der Waals surface area contributed by atoms with Gasteiger partial charge in [0.15, 0.2) is 0 Å². The number of rotatable bonds is 3. The van der Waals surface area contributed by atoms with Gasteiger partial charge in [0.2, 0.25) is 0 Å². The van der Waals surface area contributed by atoms with Crippen LogP contribution in [-0.4, -0.2) is 19.8 Å². The van der Waals surface area contributed by atoms with Crippen molar-refractivity contribution in [2.75, 3.05) is 19.8 Å². The fourth-order valence-electron chi connectivity index (χ4n) is 3.99. The predicted molar refractivity (Wildman–Crippen MR) is 77.8 cm³/mol. The Bertz CT molecular complexity index is 479. The number of halogens is 3. The second-order valence-electron chi connectivity index (χ2n) is 5.90. The molecule has 1 aromatic rings. The maximum absolute atomic E-state index is 12.6. The van der Waals surface area contributed by atoms with E-state index in [4.69, 9.17) is 23.2 Å². The van der Waals surface area contributed by atoms with Crippen LogP contribution >= 0.6 is 23.2 Å². The Morgan fingerprint density at radius 2 is 2.16 bits per heavy atom. The molecular formula is C15H18Cl2FN. The van der Waals surface area contributed by atoms with Crippen molar-refractivity contribution in [2.45, 2.75) is 24.7 Å². The van der Waals surface area contributed by atoms with Crippen molar-refractivity contribution in [3.8, 4) is 0 Å². The molecule has 19 heavy (non-hydrogen) atoms. The van der Waals surface area contributed by atoms with Crippen LogP contribution in [0.25, 0.3) is 0 Å². The summed E-state index contributed by atoms with van der Waals surface area (Å²) in [6.45, 7) is 1.80. The lowest BCUT2D eigenvalue weighted by molar-refractivity contribution is 0.364. The number of benzene rings is 1. The Morgan fingerprint density at radius 3 is 2.89 bits per heavy atom. The third-order valence-corrected chi connectivity index (χ3v) is 5.63. The first-order chi connectivity index (χ1) is 9.15. The van der Waals surface area contributed by atoms with Crippen LogP contribution in [0, 0.1) is 11.8 Å². The van der Waals surface area contributed by atoms with Gasteiger partial charge in [-0.25, -0.2) is 0 Å². The van der Waals surface area contributed by atoms with E-state index in [9.17, 15) is 4.39 Å². The molecule has 1 aliphatic heterocycles. The summed E-state index contributed by atoms with van der Waals surface area (Å²) in [6, 6.07) is 5.97. The van der Waals surface area contributed by atoms with Gasteiger partial charge in [0.1, 0.15) is 0 Å². The minimum atomic E-state index is -0.206. The van der Waals surface area contributed by atoms with Crippen molar-refractivity contribution < 1.29 is 4.39 Å². The molecule has 4 heteroatoms. The highest BCUT2D eigenvalue weighted by atomic mass is 35.5. The highest BCUT2D eigenvalue weighted by Crippen LogP contribution is 2.52. The van der Waals surface area contributed by atoms with Crippen molar-refractivity contribution >= 4 is 23.2 Å². The summed E-state index contributed by atoms with van der Waals surface area (Å²) in [7, 11) is 0. The number of hydrogen-bond donors (Lipinski definition) is 1. The van der Waals surface area contributed by atoms with E-state index in [2.05, 4.69) is 11.4 Å². The fourth-order valence-corrected chi connectivity index (χ4v) is 4.29. The summed E-state index contributed by atoms with van der Waals surface area (Å²) in [5.74, 6) is 1.10. The van der Waals surface area contributed by atoms with Crippen LogP contribution in [0.2, 0.25) is 10.0 Å². The molecule has 0 bridgehead atoms. The molecule has 2 fully saturated rings. The Morgan fingerprint density at radius 1 is 1.32 bits per heavy atom. The van der Waals surface area contributed by atoms with Crippen molar-refractivity contribution in [1.82, 2.24) is 5.32 Å². The van der Waals surface area contributed by atoms with Crippen LogP contribution in [-0.2, 0) is 5.41 Å². The van der Waals surface area contributed by atoms with E-state index in [1.54, 1.807) is 0 Å². The van der Waals surface area contributed by atoms with Gasteiger partial charge in [-0.1, -0.05) is 29.3 Å². The SMILES string of the molecule is FCCC1C[C@@H]2CNC[C@]2(c2ccc(Cl)c(Cl)c2)C1. The van der Waals surface area contributed by atoms with Crippen molar-refractivity contribution in [3.05, 3.63) is 33.8 Å². The van der Waals surface area contributed by atoms with Crippen LogP contribution in [0.15, 0.2) is 18.2 Å². The molecule has 1 aromatic carbocycles. The normalized spacial score (nSPS) is 33.6. The zero-order valence-electron chi connectivity index (χ0n) is 10.8. The topological polar surface area (TPSA) is 12.0 Å². The fraction of sp³-hybridized carbons (Fsp3) is 0.600. The van der Waals surface area contributed by atoms with Gasteiger partial charge in [-0.2, -0.15) is 0 Å². The standard InChI is InChI=1S/C15H18Cl2FN/c16-13-2-1-11(6-14(13)17)15-7-10(3-4-18)5-12(15)8-19-9-15/h1-2,6,10,12,19H,3-5,7-9H2/t10?,12-,15+/m1/s1. The van der Waals surface area contributed by atoms with Gasteiger partial charge in [-0.3, -0.25) is 4.39 Å². The molecule has 1 unspecified atom stereocenters. The van der Waals surface area contributed by atoms with Crippen LogP contribution in [0.1, 0.15) is 24.8 Å². The predicted octanol–water partition coefficient (Wildman–Crippen LogP) is 4.22. The zero-order valence-corrected chi connectivity index (χ0v) is 12.3. The third kappa shape index (κ3) is 2.28. The molecule has 0 spiro atoms. The van der Waals surface area contributed by atoms with E-state index >= 15 is 0 Å². The second-order valence-corrected chi connectivity index (χ2v) is 6.71. The molecule has 0 radical (unpaired) electrons. The van der Waals surface area contributed by atoms with E-state index in [1.165, 1.54) is 5.56 Å². The highest BCUT2D eigenvalue weighted by Gasteiger charge is 2.50. The molecule has 1 aliphatic carbocycles. The van der Waals surface area contributed by atoms with Crippen molar-refractivity contribution in [1.29, 1.82) is 0 Å². The van der Waals surface area contributed by atoms with Gasteiger partial charge in [0, 0.05) is 12.0 Å². The summed E-state index contributed by atoms with van der Waals surface area (Å²) in [5, 5.41) is 4.71. The minimum Gasteiger partial charge on any atom is -0.316 e. The minimum absolute atomic E-state index is 0.133. The molecule has 3 rings (SSSR count). The Labute approximate surface area is 123 Å². The molecule has 0 amide bonds. The first-order valence-corrected chi connectivity index (χ1v) is 7.63. The van der Waals surface area contributed by atoms with Crippen molar-refractivity contribution in [2.24, 2.45) is 11.8 Å². The van der Waals surface area contributed by atoms with Crippen LogP contribution in [0.5, 0.6) is 0 Å². The molecular weight excluding hydrogens is 284 g/mol. The first kappa shape index (κ1) is 13.7. The molecule has 1 saturated heterocycles. The van der Waals surface area contributed by atoms with Gasteiger partial charge in [0.05, 0.1) is 16.7 Å². The van der Waals surface area contributed by atoms with Crippen LogP contribution in [0.3, 0.4) is 0 Å². The maximum Gasteiger partial charge on any atom is 0.0897 e. The molecule has 2 aliphatic rings. The van der Waals surface area contributed by atoms with Gasteiger partial charge < -0.3 is 5.32 Å². The average molecular weight is 302 g/mol. The summed E-state index contributed by atoms with van der Waals surface area (Å²) < 4.78 is 12.6. The lowest BCUT2D eigenvalue weighted by Gasteiger charge is -2.29. The average Bonchev–Trinajstić information content (AvgIpc) is 2.90. The van der Waals surface area contributed by atoms with Crippen LogP contribution in [0.4, 0.5) is 4.39 Å². The third-order valence-electron chi connectivity index (χ3n) is 4.90. The Balaban J connectivity index is 1.93. The summed E-state index contributed by atoms with van der Waals surface area (Å²) in [6.07, 6.45) is 2.88. The second kappa shape index (κ2) is 5.23. The Kier molecular flexibility index (Phi) is 3.76. The van der Waals surface area contributed by atoms with Crippen molar-refractivity contribution in [3.63, 3.8) is 0 Å². The van der Waals surface area contributed by atoms with Crippen LogP contribution < -0.4 is 5.32 Å². The van der Waals surface area contributed by atoms with E-state index in [0.717, 1.165) is 25.9 Å². The lowest BCUT2D eigenvalue weighted by atomic mass is 9.74. The first-order valence-electron chi connectivity index (χ1n) is 6.88. The molecule has 1 saturated carbocycles. The Hall–Kier alpha value is -0.310. The molecule has 0 aromatic heterocycles. The smallest absolute Gasteiger partial charge is 0.0897 e. The molecule has 1 heterocycles. The molecule has 104 valence electrons. The quantitative estimate of drug-likeness (QED) is 0.881. The summed E-state index contributed by atoms with van der Waals surface area (Å²) in [4.78, 5) is 0. The molecule has 1 N–H and O–H groups in total. The lowest BCUT2D eigenvalue weighted by Crippen LogP contribution is -2.31. The van der Waals surface area contributed by atoms with E-state index in [-0.39, 0.29) is 12.1 Å². The number of alkyl halides is 1. The van der Waals surface area contributed by atoms with Gasteiger partial charge in [-0.15, -0.1) is 0 Å². The van der Waals surface area contributed by atoms with Gasteiger partial charge >= 0.3 is 0 Å². The molecule has 3 atom stereocenters.